The predicted octanol–water partition coefficient (Wildman–Crippen LogP) is 5.16. The maximum atomic E-state index is 13.0. The zero-order chi connectivity index (χ0) is 25.9. The van der Waals surface area contributed by atoms with Gasteiger partial charge in [0.25, 0.3) is 11.8 Å². The van der Waals surface area contributed by atoms with Crippen molar-refractivity contribution in [3.63, 3.8) is 0 Å². The molecule has 0 aliphatic carbocycles. The van der Waals surface area contributed by atoms with E-state index in [0.29, 0.717) is 34.1 Å². The summed E-state index contributed by atoms with van der Waals surface area (Å²) in [6.07, 6.45) is 4.78. The SMILES string of the molecule is CN1C(=O)c2ccccc2N(C)c2cc(Nc3ccc(C(=O)N4CCCCC4)cc3OCCF)ncc21. The Bertz CT molecular complexity index is 1320. The van der Waals surface area contributed by atoms with Crippen molar-refractivity contribution in [3.05, 3.63) is 65.9 Å². The molecule has 1 saturated heterocycles. The van der Waals surface area contributed by atoms with Gasteiger partial charge in [-0.2, -0.15) is 0 Å². The summed E-state index contributed by atoms with van der Waals surface area (Å²) in [6, 6.07) is 14.5. The number of carbonyl (C=O) groups excluding carboxylic acids is 2. The van der Waals surface area contributed by atoms with Gasteiger partial charge in [-0.15, -0.1) is 0 Å². The normalized spacial score (nSPS) is 15.1. The Labute approximate surface area is 215 Å². The molecule has 8 nitrogen and oxygen atoms in total. The number of ether oxygens (including phenoxy) is 1. The van der Waals surface area contributed by atoms with Gasteiger partial charge in [0, 0.05) is 38.8 Å². The number of piperidine rings is 1. The van der Waals surface area contributed by atoms with Crippen molar-refractivity contribution in [3.8, 4) is 5.75 Å². The van der Waals surface area contributed by atoms with Gasteiger partial charge in [0.15, 0.2) is 0 Å². The molecule has 0 spiro atoms. The summed E-state index contributed by atoms with van der Waals surface area (Å²) < 4.78 is 18.6. The molecule has 2 aliphatic heterocycles. The lowest BCUT2D eigenvalue weighted by Gasteiger charge is -2.27. The zero-order valence-electron chi connectivity index (χ0n) is 21.0. The van der Waals surface area contributed by atoms with Crippen LogP contribution in [0.15, 0.2) is 54.7 Å². The lowest BCUT2D eigenvalue weighted by Crippen LogP contribution is -2.35. The number of carbonyl (C=O) groups is 2. The molecule has 1 aromatic heterocycles. The van der Waals surface area contributed by atoms with E-state index in [1.54, 1.807) is 36.3 Å². The number of fused-ring (bicyclic) bond motifs is 2. The number of nitrogens with one attached hydrogen (secondary N) is 1. The summed E-state index contributed by atoms with van der Waals surface area (Å²) in [6.45, 7) is 0.712. The van der Waals surface area contributed by atoms with Crippen LogP contribution in [0.1, 0.15) is 40.0 Å². The number of likely N-dealkylation sites (tertiary alicyclic amines) is 1. The molecule has 0 radical (unpaired) electrons. The minimum atomic E-state index is -0.647. The molecule has 9 heteroatoms. The Balaban J connectivity index is 1.46. The van der Waals surface area contributed by atoms with E-state index in [9.17, 15) is 14.0 Å². The third-order valence-corrected chi connectivity index (χ3v) is 6.85. The Kier molecular flexibility index (Phi) is 6.94. The number of pyridine rings is 1. The van der Waals surface area contributed by atoms with Crippen LogP contribution in [0.4, 0.5) is 33.0 Å². The number of hydrogen-bond acceptors (Lipinski definition) is 6. The van der Waals surface area contributed by atoms with Crippen LogP contribution < -0.4 is 19.9 Å². The second kappa shape index (κ2) is 10.5. The fourth-order valence-corrected chi connectivity index (χ4v) is 4.84. The molecular formula is C28H30FN5O3. The van der Waals surface area contributed by atoms with E-state index in [0.717, 1.165) is 43.7 Å². The fourth-order valence-electron chi connectivity index (χ4n) is 4.84. The van der Waals surface area contributed by atoms with Gasteiger partial charge in [0.1, 0.15) is 24.8 Å². The van der Waals surface area contributed by atoms with Gasteiger partial charge in [0.05, 0.1) is 34.5 Å². The van der Waals surface area contributed by atoms with E-state index in [1.165, 1.54) is 0 Å². The number of alkyl halides is 1. The van der Waals surface area contributed by atoms with Crippen LogP contribution in [-0.2, 0) is 0 Å². The quantitative estimate of drug-likeness (QED) is 0.501. The number of halogens is 1. The largest absolute Gasteiger partial charge is 0.489 e. The second-order valence-electron chi connectivity index (χ2n) is 9.22. The van der Waals surface area contributed by atoms with E-state index in [4.69, 9.17) is 4.74 Å². The van der Waals surface area contributed by atoms with E-state index < -0.39 is 6.67 Å². The number of aromatic nitrogens is 1. The Morgan fingerprint density at radius 3 is 2.57 bits per heavy atom. The molecule has 2 aliphatic rings. The first-order valence-corrected chi connectivity index (χ1v) is 12.5. The van der Waals surface area contributed by atoms with Crippen molar-refractivity contribution >= 4 is 40.4 Å². The number of hydrogen-bond donors (Lipinski definition) is 1. The molecule has 0 bridgehead atoms. The minimum Gasteiger partial charge on any atom is -0.489 e. The van der Waals surface area contributed by atoms with Crippen LogP contribution >= 0.6 is 0 Å². The highest BCUT2D eigenvalue weighted by Gasteiger charge is 2.28. The monoisotopic (exact) mass is 503 g/mol. The molecule has 3 heterocycles. The molecule has 37 heavy (non-hydrogen) atoms. The van der Waals surface area contributed by atoms with Crippen molar-refractivity contribution in [1.82, 2.24) is 9.88 Å². The van der Waals surface area contributed by atoms with E-state index in [2.05, 4.69) is 10.3 Å². The van der Waals surface area contributed by atoms with Crippen LogP contribution in [0.2, 0.25) is 0 Å². The third-order valence-electron chi connectivity index (χ3n) is 6.85. The molecule has 192 valence electrons. The van der Waals surface area contributed by atoms with Crippen LogP contribution in [-0.4, -0.2) is 62.2 Å². The topological polar surface area (TPSA) is 78.0 Å². The Morgan fingerprint density at radius 2 is 1.78 bits per heavy atom. The lowest BCUT2D eigenvalue weighted by molar-refractivity contribution is 0.0723. The third kappa shape index (κ3) is 4.81. The number of rotatable bonds is 6. The van der Waals surface area contributed by atoms with Gasteiger partial charge >= 0.3 is 0 Å². The summed E-state index contributed by atoms with van der Waals surface area (Å²) in [5.74, 6) is 0.737. The number of nitrogens with zero attached hydrogens (tertiary/aromatic N) is 4. The summed E-state index contributed by atoms with van der Waals surface area (Å²) >= 11 is 0. The molecule has 3 aromatic rings. The number of amides is 2. The first-order chi connectivity index (χ1) is 18.0. The van der Waals surface area contributed by atoms with Gasteiger partial charge in [-0.05, 0) is 49.6 Å². The molecule has 0 saturated carbocycles. The Hall–Kier alpha value is -4.14. The van der Waals surface area contributed by atoms with Gasteiger partial charge in [-0.3, -0.25) is 9.59 Å². The highest BCUT2D eigenvalue weighted by molar-refractivity contribution is 6.13. The maximum Gasteiger partial charge on any atom is 0.260 e. The average molecular weight is 504 g/mol. The fraction of sp³-hybridized carbons (Fsp3) is 0.321. The van der Waals surface area contributed by atoms with Crippen LogP contribution in [0.25, 0.3) is 0 Å². The molecule has 1 N–H and O–H groups in total. The first-order valence-electron chi connectivity index (χ1n) is 12.5. The van der Waals surface area contributed by atoms with E-state index in [1.807, 2.05) is 47.2 Å². The van der Waals surface area contributed by atoms with Crippen LogP contribution in [0, 0.1) is 0 Å². The maximum absolute atomic E-state index is 13.0. The number of anilines is 5. The molecular weight excluding hydrogens is 473 g/mol. The van der Waals surface area contributed by atoms with Gasteiger partial charge in [0.2, 0.25) is 0 Å². The molecule has 5 rings (SSSR count). The zero-order valence-corrected chi connectivity index (χ0v) is 21.0. The van der Waals surface area contributed by atoms with Gasteiger partial charge in [-0.1, -0.05) is 12.1 Å². The van der Waals surface area contributed by atoms with Crippen LogP contribution in [0.5, 0.6) is 5.75 Å². The molecule has 0 atom stereocenters. The van der Waals surface area contributed by atoms with Crippen molar-refractivity contribution < 1.29 is 18.7 Å². The van der Waals surface area contributed by atoms with Crippen LogP contribution in [0.3, 0.4) is 0 Å². The number of benzene rings is 2. The number of para-hydroxylation sites is 1. The highest BCUT2D eigenvalue weighted by atomic mass is 19.1. The summed E-state index contributed by atoms with van der Waals surface area (Å²) in [4.78, 5) is 36.0. The molecule has 2 amide bonds. The van der Waals surface area contributed by atoms with E-state index >= 15 is 0 Å². The highest BCUT2D eigenvalue weighted by Crippen LogP contribution is 2.40. The lowest BCUT2D eigenvalue weighted by atomic mass is 10.1. The van der Waals surface area contributed by atoms with Crippen molar-refractivity contribution in [2.75, 3.05) is 55.6 Å². The Morgan fingerprint density at radius 1 is 1.00 bits per heavy atom. The van der Waals surface area contributed by atoms with Gasteiger partial charge in [-0.25, -0.2) is 9.37 Å². The summed E-state index contributed by atoms with van der Waals surface area (Å²) in [5, 5.41) is 3.25. The van der Waals surface area contributed by atoms with Gasteiger partial charge < -0.3 is 24.8 Å². The second-order valence-corrected chi connectivity index (χ2v) is 9.22. The standard InChI is InChI=1S/C28H30FN5O3/c1-32-22-9-5-4-8-20(22)28(36)33(2)24-18-30-26(17-23(24)32)31-21-11-10-19(16-25(21)37-15-12-29)27(35)34-13-6-3-7-14-34/h4-5,8-11,16-18H,3,6-7,12-15H2,1-2H3,(H,30,31). The average Bonchev–Trinajstić information content (AvgIpc) is 3.02. The van der Waals surface area contributed by atoms with Crippen molar-refractivity contribution in [1.29, 1.82) is 0 Å². The molecule has 2 aromatic carbocycles. The molecule has 1 fully saturated rings. The van der Waals surface area contributed by atoms with E-state index in [-0.39, 0.29) is 18.4 Å². The smallest absolute Gasteiger partial charge is 0.260 e. The predicted molar refractivity (Wildman–Crippen MR) is 142 cm³/mol. The summed E-state index contributed by atoms with van der Waals surface area (Å²) in [7, 11) is 3.64. The minimum absolute atomic E-state index is 0.0486. The van der Waals surface area contributed by atoms with Crippen molar-refractivity contribution in [2.45, 2.75) is 19.3 Å². The first kappa shape index (κ1) is 24.5. The van der Waals surface area contributed by atoms with Crippen molar-refractivity contribution in [2.24, 2.45) is 0 Å². The summed E-state index contributed by atoms with van der Waals surface area (Å²) in [5.41, 5.74) is 3.94. The molecule has 0 unspecified atom stereocenters.